The Balaban J connectivity index is 2.52. The van der Waals surface area contributed by atoms with Gasteiger partial charge >= 0.3 is 11.9 Å². The van der Waals surface area contributed by atoms with Crippen molar-refractivity contribution in [2.24, 2.45) is 5.92 Å². The van der Waals surface area contributed by atoms with Gasteiger partial charge in [0.25, 0.3) is 0 Å². The SMILES string of the molecule is COC(=O)C1(C(=O)OC)C[C@@H]2CC=C(C#N)O[C@@H]2N1C(C)=O. The van der Waals surface area contributed by atoms with Gasteiger partial charge in [0.1, 0.15) is 6.07 Å². The fourth-order valence-corrected chi connectivity index (χ4v) is 3.10. The second kappa shape index (κ2) is 5.67. The number of methoxy groups -OCH3 is 2. The molecule has 1 fully saturated rings. The third-order valence-corrected chi connectivity index (χ3v) is 3.98. The van der Waals surface area contributed by atoms with Crippen LogP contribution in [0.3, 0.4) is 0 Å². The maximum Gasteiger partial charge on any atom is 0.343 e. The molecular weight excluding hydrogens is 292 g/mol. The predicted octanol–water partition coefficient (Wildman–Crippen LogP) is 0.0935. The van der Waals surface area contributed by atoms with Crippen molar-refractivity contribution in [3.8, 4) is 6.07 Å². The number of nitrogens with zero attached hydrogens (tertiary/aromatic N) is 2. The third-order valence-electron chi connectivity index (χ3n) is 3.98. The minimum atomic E-state index is -1.89. The Bertz CT molecular complexity index is 575. The van der Waals surface area contributed by atoms with E-state index in [0.717, 1.165) is 19.1 Å². The molecule has 0 aliphatic carbocycles. The van der Waals surface area contributed by atoms with E-state index in [-0.39, 0.29) is 18.1 Å². The van der Waals surface area contributed by atoms with Crippen molar-refractivity contribution in [3.05, 3.63) is 11.8 Å². The first-order valence-electron chi connectivity index (χ1n) is 6.66. The van der Waals surface area contributed by atoms with Crippen LogP contribution in [-0.2, 0) is 28.6 Å². The van der Waals surface area contributed by atoms with Gasteiger partial charge in [-0.3, -0.25) is 9.69 Å². The summed E-state index contributed by atoms with van der Waals surface area (Å²) in [6.45, 7) is 1.22. The molecule has 0 N–H and O–H groups in total. The van der Waals surface area contributed by atoms with E-state index in [0.29, 0.717) is 6.42 Å². The highest BCUT2D eigenvalue weighted by atomic mass is 16.6. The first-order chi connectivity index (χ1) is 10.4. The average Bonchev–Trinajstić information content (AvgIpc) is 2.88. The molecule has 0 unspecified atom stereocenters. The smallest absolute Gasteiger partial charge is 0.343 e. The van der Waals surface area contributed by atoms with Crippen LogP contribution in [0.25, 0.3) is 0 Å². The number of amides is 1. The summed E-state index contributed by atoms with van der Waals surface area (Å²) in [5.41, 5.74) is -1.89. The zero-order valence-electron chi connectivity index (χ0n) is 12.5. The molecule has 2 heterocycles. The molecule has 0 aromatic carbocycles. The van der Waals surface area contributed by atoms with Crippen LogP contribution in [0.1, 0.15) is 19.8 Å². The lowest BCUT2D eigenvalue weighted by atomic mass is 9.89. The van der Waals surface area contributed by atoms with Crippen LogP contribution in [-0.4, -0.2) is 48.7 Å². The summed E-state index contributed by atoms with van der Waals surface area (Å²) < 4.78 is 14.9. The molecule has 2 aliphatic heterocycles. The van der Waals surface area contributed by atoms with Crippen molar-refractivity contribution in [2.45, 2.75) is 31.5 Å². The minimum absolute atomic E-state index is 0.0196. The molecule has 2 aliphatic rings. The van der Waals surface area contributed by atoms with Crippen molar-refractivity contribution in [1.29, 1.82) is 5.26 Å². The van der Waals surface area contributed by atoms with E-state index in [2.05, 4.69) is 0 Å². The first kappa shape index (κ1) is 15.8. The van der Waals surface area contributed by atoms with Gasteiger partial charge in [-0.25, -0.2) is 9.59 Å². The van der Waals surface area contributed by atoms with Crippen LogP contribution in [0.15, 0.2) is 11.8 Å². The number of fused-ring (bicyclic) bond motifs is 1. The minimum Gasteiger partial charge on any atom is -0.467 e. The fraction of sp³-hybridized carbons (Fsp3) is 0.571. The summed E-state index contributed by atoms with van der Waals surface area (Å²) in [5.74, 6) is -2.56. The first-order valence-corrected chi connectivity index (χ1v) is 6.66. The molecule has 118 valence electrons. The highest BCUT2D eigenvalue weighted by molar-refractivity contribution is 6.08. The van der Waals surface area contributed by atoms with Crippen LogP contribution >= 0.6 is 0 Å². The predicted molar refractivity (Wildman–Crippen MR) is 70.6 cm³/mol. The number of allylic oxidation sites excluding steroid dienone is 2. The Morgan fingerprint density at radius 2 is 1.95 bits per heavy atom. The zero-order chi connectivity index (χ0) is 16.5. The molecule has 2 rings (SSSR count). The Morgan fingerprint density at radius 3 is 2.41 bits per heavy atom. The molecule has 0 saturated carbocycles. The van der Waals surface area contributed by atoms with Gasteiger partial charge in [-0.15, -0.1) is 0 Å². The van der Waals surface area contributed by atoms with Crippen LogP contribution in [0.5, 0.6) is 0 Å². The molecule has 0 aromatic heterocycles. The number of esters is 2. The van der Waals surface area contributed by atoms with E-state index in [4.69, 9.17) is 19.5 Å². The van der Waals surface area contributed by atoms with E-state index in [1.807, 2.05) is 6.07 Å². The normalized spacial score (nSPS) is 25.2. The fourth-order valence-electron chi connectivity index (χ4n) is 3.10. The lowest BCUT2D eigenvalue weighted by Gasteiger charge is -2.36. The van der Waals surface area contributed by atoms with E-state index < -0.39 is 29.6 Å². The van der Waals surface area contributed by atoms with Crippen LogP contribution in [0.2, 0.25) is 0 Å². The van der Waals surface area contributed by atoms with Crippen molar-refractivity contribution >= 4 is 17.8 Å². The van der Waals surface area contributed by atoms with Crippen molar-refractivity contribution in [2.75, 3.05) is 14.2 Å². The largest absolute Gasteiger partial charge is 0.467 e. The standard InChI is InChI=1S/C14H16N2O6/c1-8(17)16-11-9(4-5-10(7-15)22-11)6-14(16,12(18)20-2)13(19)21-3/h5,9,11H,4,6H2,1-3H3/t9-,11-/m0/s1. The van der Waals surface area contributed by atoms with Crippen LogP contribution in [0.4, 0.5) is 0 Å². The molecular formula is C14H16N2O6. The molecule has 0 aromatic rings. The number of hydrogen-bond acceptors (Lipinski definition) is 7. The van der Waals surface area contributed by atoms with Crippen LogP contribution in [0, 0.1) is 17.2 Å². The van der Waals surface area contributed by atoms with Gasteiger partial charge in [0.05, 0.1) is 14.2 Å². The summed E-state index contributed by atoms with van der Waals surface area (Å²) >= 11 is 0. The highest BCUT2D eigenvalue weighted by Gasteiger charge is 2.65. The summed E-state index contributed by atoms with van der Waals surface area (Å²) in [5, 5.41) is 8.95. The maximum absolute atomic E-state index is 12.3. The second-order valence-corrected chi connectivity index (χ2v) is 5.12. The second-order valence-electron chi connectivity index (χ2n) is 5.12. The molecule has 0 radical (unpaired) electrons. The summed E-state index contributed by atoms with van der Waals surface area (Å²) in [6.07, 6.45) is 1.12. The summed E-state index contributed by atoms with van der Waals surface area (Å²) in [7, 11) is 2.26. The van der Waals surface area contributed by atoms with E-state index in [1.54, 1.807) is 6.08 Å². The maximum atomic E-state index is 12.3. The average molecular weight is 308 g/mol. The topological polar surface area (TPSA) is 106 Å². The molecule has 0 bridgehead atoms. The van der Waals surface area contributed by atoms with Gasteiger partial charge in [0.15, 0.2) is 12.0 Å². The van der Waals surface area contributed by atoms with E-state index in [9.17, 15) is 14.4 Å². The van der Waals surface area contributed by atoms with Gasteiger partial charge < -0.3 is 14.2 Å². The lowest BCUT2D eigenvalue weighted by Crippen LogP contribution is -2.61. The van der Waals surface area contributed by atoms with Gasteiger partial charge in [-0.1, -0.05) is 0 Å². The molecule has 0 spiro atoms. The lowest BCUT2D eigenvalue weighted by molar-refractivity contribution is -0.180. The Labute approximate surface area is 127 Å². The molecule has 2 atom stereocenters. The van der Waals surface area contributed by atoms with Crippen molar-refractivity contribution < 1.29 is 28.6 Å². The van der Waals surface area contributed by atoms with Gasteiger partial charge in [0.2, 0.25) is 11.4 Å². The van der Waals surface area contributed by atoms with Crippen LogP contribution < -0.4 is 0 Å². The monoisotopic (exact) mass is 308 g/mol. The van der Waals surface area contributed by atoms with E-state index in [1.165, 1.54) is 6.92 Å². The zero-order valence-corrected chi connectivity index (χ0v) is 12.5. The number of hydrogen-bond donors (Lipinski definition) is 0. The molecule has 8 nitrogen and oxygen atoms in total. The molecule has 22 heavy (non-hydrogen) atoms. The summed E-state index contributed by atoms with van der Waals surface area (Å²) in [6, 6.07) is 1.86. The van der Waals surface area contributed by atoms with E-state index >= 15 is 0 Å². The Hall–Kier alpha value is -2.56. The molecule has 1 amide bonds. The highest BCUT2D eigenvalue weighted by Crippen LogP contribution is 2.45. The third kappa shape index (κ3) is 2.09. The quantitative estimate of drug-likeness (QED) is 0.526. The van der Waals surface area contributed by atoms with Gasteiger partial charge in [-0.05, 0) is 12.5 Å². The Kier molecular flexibility index (Phi) is 4.08. The van der Waals surface area contributed by atoms with Gasteiger partial charge in [-0.2, -0.15) is 5.26 Å². The number of ether oxygens (including phenoxy) is 3. The number of likely N-dealkylation sites (tertiary alicyclic amines) is 1. The van der Waals surface area contributed by atoms with Crippen molar-refractivity contribution in [3.63, 3.8) is 0 Å². The van der Waals surface area contributed by atoms with Gasteiger partial charge in [0, 0.05) is 19.3 Å². The molecule has 8 heteroatoms. The number of rotatable bonds is 2. The van der Waals surface area contributed by atoms with Crippen molar-refractivity contribution in [1.82, 2.24) is 4.90 Å². The Morgan fingerprint density at radius 1 is 1.36 bits per heavy atom. The number of carbonyl (C=O) groups is 3. The molecule has 1 saturated heterocycles. The summed E-state index contributed by atoms with van der Waals surface area (Å²) in [4.78, 5) is 37.7. The number of nitriles is 1. The number of carbonyl (C=O) groups excluding carboxylic acids is 3.